The molecule has 0 rings (SSSR count). The van der Waals surface area contributed by atoms with Crippen molar-refractivity contribution in [1.29, 1.82) is 0 Å². The van der Waals surface area contributed by atoms with Crippen LogP contribution < -0.4 is 0 Å². The zero-order chi connectivity index (χ0) is 13.3. The molecule has 0 aliphatic carbocycles. The second kappa shape index (κ2) is 8.44. The first-order chi connectivity index (χ1) is 7.99. The molecule has 0 fully saturated rings. The summed E-state index contributed by atoms with van der Waals surface area (Å²) in [5.74, 6) is -0.356. The third-order valence-electron chi connectivity index (χ3n) is 2.96. The Labute approximate surface area is 102 Å². The minimum Gasteiger partial charge on any atom is -0.465 e. The number of carbonyl (C=O) groups excluding carboxylic acids is 1. The fourth-order valence-electron chi connectivity index (χ4n) is 1.31. The molecule has 0 aliphatic rings. The maximum absolute atomic E-state index is 11.4. The smallest absolute Gasteiger partial charge is 0.305 e. The van der Waals surface area contributed by atoms with E-state index in [1.54, 1.807) is 6.92 Å². The number of aliphatic hydroxyl groups is 3. The molecule has 1 unspecified atom stereocenters. The second-order valence-corrected chi connectivity index (χ2v) is 4.57. The highest BCUT2D eigenvalue weighted by atomic mass is 16.5. The number of hydrogen-bond donors (Lipinski definition) is 3. The molecule has 102 valence electrons. The lowest BCUT2D eigenvalue weighted by Gasteiger charge is -2.27. The Balaban J connectivity index is 3.89. The predicted molar refractivity (Wildman–Crippen MR) is 63.4 cm³/mol. The Morgan fingerprint density at radius 3 is 2.35 bits per heavy atom. The van der Waals surface area contributed by atoms with Crippen molar-refractivity contribution in [3.05, 3.63) is 0 Å². The van der Waals surface area contributed by atoms with Gasteiger partial charge in [0.15, 0.2) is 0 Å². The van der Waals surface area contributed by atoms with Crippen molar-refractivity contribution < 1.29 is 24.9 Å². The van der Waals surface area contributed by atoms with E-state index in [0.717, 1.165) is 0 Å². The van der Waals surface area contributed by atoms with E-state index in [1.807, 2.05) is 6.92 Å². The van der Waals surface area contributed by atoms with Gasteiger partial charge in [-0.3, -0.25) is 4.79 Å². The number of aliphatic hydroxyl groups excluding tert-OH is 3. The summed E-state index contributed by atoms with van der Waals surface area (Å²) < 4.78 is 5.02. The molecule has 0 heterocycles. The number of rotatable bonds is 9. The van der Waals surface area contributed by atoms with Crippen LogP contribution in [0.2, 0.25) is 0 Å². The molecule has 0 radical (unpaired) electrons. The van der Waals surface area contributed by atoms with Crippen LogP contribution in [-0.2, 0) is 9.53 Å². The van der Waals surface area contributed by atoms with Gasteiger partial charge in [-0.05, 0) is 26.2 Å². The molecule has 0 aromatic rings. The highest BCUT2D eigenvalue weighted by molar-refractivity contribution is 5.69. The molecule has 0 amide bonds. The van der Waals surface area contributed by atoms with Gasteiger partial charge in [0.1, 0.15) is 6.61 Å². The standard InChI is InChI=1S/C12H24O5/c1-3-12(7-13,8-14)9-17-11(16)6-4-5-10(2)15/h10,13-15H,3-9H2,1-2H3. The number of esters is 1. The largest absolute Gasteiger partial charge is 0.465 e. The van der Waals surface area contributed by atoms with Crippen molar-refractivity contribution in [1.82, 2.24) is 0 Å². The van der Waals surface area contributed by atoms with E-state index in [4.69, 9.17) is 20.1 Å². The summed E-state index contributed by atoms with van der Waals surface area (Å²) in [5, 5.41) is 27.3. The van der Waals surface area contributed by atoms with Gasteiger partial charge >= 0.3 is 5.97 Å². The molecule has 5 nitrogen and oxygen atoms in total. The monoisotopic (exact) mass is 248 g/mol. The minimum atomic E-state index is -0.736. The first-order valence-corrected chi connectivity index (χ1v) is 6.05. The first kappa shape index (κ1) is 16.4. The van der Waals surface area contributed by atoms with Crippen molar-refractivity contribution in [2.45, 2.75) is 45.6 Å². The minimum absolute atomic E-state index is 0.0318. The van der Waals surface area contributed by atoms with Crippen LogP contribution in [0.4, 0.5) is 0 Å². The summed E-state index contributed by atoms with van der Waals surface area (Å²) in [6, 6.07) is 0. The van der Waals surface area contributed by atoms with Crippen molar-refractivity contribution in [2.24, 2.45) is 5.41 Å². The summed E-state index contributed by atoms with van der Waals surface area (Å²) in [6.45, 7) is 3.12. The average Bonchev–Trinajstić information content (AvgIpc) is 2.31. The SMILES string of the molecule is CCC(CO)(CO)COC(=O)CCCC(C)O. The summed E-state index contributed by atoms with van der Waals surface area (Å²) in [7, 11) is 0. The molecule has 0 aliphatic heterocycles. The molecule has 0 bridgehead atoms. The van der Waals surface area contributed by atoms with Crippen LogP contribution in [0.25, 0.3) is 0 Å². The maximum atomic E-state index is 11.4. The maximum Gasteiger partial charge on any atom is 0.305 e. The lowest BCUT2D eigenvalue weighted by Crippen LogP contribution is -2.35. The lowest BCUT2D eigenvalue weighted by atomic mass is 9.88. The molecular formula is C12H24O5. The van der Waals surface area contributed by atoms with Gasteiger partial charge in [0.25, 0.3) is 0 Å². The number of hydrogen-bond acceptors (Lipinski definition) is 5. The van der Waals surface area contributed by atoms with Crippen LogP contribution in [0.1, 0.15) is 39.5 Å². The predicted octanol–water partition coefficient (Wildman–Crippen LogP) is 0.462. The Morgan fingerprint density at radius 2 is 1.94 bits per heavy atom. The molecule has 1 atom stereocenters. The molecular weight excluding hydrogens is 224 g/mol. The molecule has 0 saturated carbocycles. The molecule has 3 N–H and O–H groups in total. The first-order valence-electron chi connectivity index (χ1n) is 6.05. The summed E-state index contributed by atoms with van der Waals surface area (Å²) in [5.41, 5.74) is -0.736. The number of carbonyl (C=O) groups is 1. The molecule has 0 aromatic carbocycles. The highest BCUT2D eigenvalue weighted by Crippen LogP contribution is 2.21. The fraction of sp³-hybridized carbons (Fsp3) is 0.917. The van der Waals surface area contributed by atoms with Gasteiger partial charge < -0.3 is 20.1 Å². The van der Waals surface area contributed by atoms with Crippen molar-refractivity contribution in [3.63, 3.8) is 0 Å². The highest BCUT2D eigenvalue weighted by Gasteiger charge is 2.28. The van der Waals surface area contributed by atoms with Gasteiger partial charge in [-0.25, -0.2) is 0 Å². The van der Waals surface area contributed by atoms with Gasteiger partial charge in [0.05, 0.1) is 24.7 Å². The molecule has 5 heteroatoms. The van der Waals surface area contributed by atoms with Gasteiger partial charge in [-0.2, -0.15) is 0 Å². The average molecular weight is 248 g/mol. The van der Waals surface area contributed by atoms with Crippen LogP contribution in [-0.4, -0.2) is 47.2 Å². The van der Waals surface area contributed by atoms with Gasteiger partial charge in [-0.15, -0.1) is 0 Å². The Hall–Kier alpha value is -0.650. The van der Waals surface area contributed by atoms with Crippen LogP contribution in [0.5, 0.6) is 0 Å². The fourth-order valence-corrected chi connectivity index (χ4v) is 1.31. The summed E-state index contributed by atoms with van der Waals surface area (Å²) in [4.78, 5) is 11.4. The zero-order valence-corrected chi connectivity index (χ0v) is 10.7. The van der Waals surface area contributed by atoms with E-state index in [-0.39, 0.29) is 32.2 Å². The van der Waals surface area contributed by atoms with Crippen molar-refractivity contribution >= 4 is 5.97 Å². The third kappa shape index (κ3) is 6.61. The van der Waals surface area contributed by atoms with E-state index in [2.05, 4.69) is 0 Å². The summed E-state index contributed by atoms with van der Waals surface area (Å²) in [6.07, 6.45) is 1.53. The summed E-state index contributed by atoms with van der Waals surface area (Å²) >= 11 is 0. The van der Waals surface area contributed by atoms with Gasteiger partial charge in [-0.1, -0.05) is 6.92 Å². The van der Waals surface area contributed by atoms with Crippen molar-refractivity contribution in [2.75, 3.05) is 19.8 Å². The van der Waals surface area contributed by atoms with E-state index in [0.29, 0.717) is 19.3 Å². The van der Waals surface area contributed by atoms with Crippen molar-refractivity contribution in [3.8, 4) is 0 Å². The number of ether oxygens (including phenoxy) is 1. The van der Waals surface area contributed by atoms with Crippen LogP contribution in [0, 0.1) is 5.41 Å². The normalized spacial score (nSPS) is 13.5. The Morgan fingerprint density at radius 1 is 1.35 bits per heavy atom. The zero-order valence-electron chi connectivity index (χ0n) is 10.7. The Bertz CT molecular complexity index is 203. The molecule has 17 heavy (non-hydrogen) atoms. The topological polar surface area (TPSA) is 87.0 Å². The van der Waals surface area contributed by atoms with Gasteiger partial charge in [0.2, 0.25) is 0 Å². The Kier molecular flexibility index (Phi) is 8.12. The lowest BCUT2D eigenvalue weighted by molar-refractivity contribution is -0.150. The molecule has 0 spiro atoms. The second-order valence-electron chi connectivity index (χ2n) is 4.57. The van der Waals surface area contributed by atoms with Crippen LogP contribution >= 0.6 is 0 Å². The van der Waals surface area contributed by atoms with Gasteiger partial charge in [0, 0.05) is 6.42 Å². The molecule has 0 aromatic heterocycles. The third-order valence-corrected chi connectivity index (χ3v) is 2.96. The van der Waals surface area contributed by atoms with Crippen LogP contribution in [0.3, 0.4) is 0 Å². The van der Waals surface area contributed by atoms with E-state index in [1.165, 1.54) is 0 Å². The van der Waals surface area contributed by atoms with Crippen LogP contribution in [0.15, 0.2) is 0 Å². The van der Waals surface area contributed by atoms with E-state index < -0.39 is 11.5 Å². The van der Waals surface area contributed by atoms with E-state index >= 15 is 0 Å². The molecule has 0 saturated heterocycles. The quantitative estimate of drug-likeness (QED) is 0.516. The van der Waals surface area contributed by atoms with E-state index in [9.17, 15) is 4.79 Å².